The van der Waals surface area contributed by atoms with E-state index in [0.29, 0.717) is 22.3 Å². The quantitative estimate of drug-likeness (QED) is 0.842. The molecular formula is C19H23ClN2O2S. The van der Waals surface area contributed by atoms with Gasteiger partial charge in [0, 0.05) is 10.7 Å². The van der Waals surface area contributed by atoms with Gasteiger partial charge in [-0.05, 0) is 68.6 Å². The molecule has 4 nitrogen and oxygen atoms in total. The van der Waals surface area contributed by atoms with Crippen LogP contribution in [0.5, 0.6) is 5.75 Å². The van der Waals surface area contributed by atoms with Crippen LogP contribution in [0.15, 0.2) is 47.4 Å². The first kappa shape index (κ1) is 18.2. The molecule has 2 aliphatic rings. The Balaban J connectivity index is 0.000000314. The van der Waals surface area contributed by atoms with Gasteiger partial charge in [-0.1, -0.05) is 29.8 Å². The number of ether oxygens (including phenoxy) is 1. The lowest BCUT2D eigenvalue weighted by Crippen LogP contribution is -2.13. The predicted octanol–water partition coefficient (Wildman–Crippen LogP) is 4.17. The van der Waals surface area contributed by atoms with Crippen LogP contribution >= 0.6 is 11.6 Å². The van der Waals surface area contributed by atoms with Crippen LogP contribution in [-0.4, -0.2) is 23.9 Å². The zero-order chi connectivity index (χ0) is 17.5. The van der Waals surface area contributed by atoms with Crippen molar-refractivity contribution < 1.29 is 8.95 Å². The minimum Gasteiger partial charge on any atom is -0.492 e. The van der Waals surface area contributed by atoms with Crippen LogP contribution in [0.4, 0.5) is 5.69 Å². The monoisotopic (exact) mass is 378 g/mol. The Labute approximate surface area is 156 Å². The van der Waals surface area contributed by atoms with Gasteiger partial charge in [0.1, 0.15) is 10.6 Å². The Hall–Kier alpha value is -1.56. The van der Waals surface area contributed by atoms with E-state index in [1.807, 2.05) is 36.4 Å². The van der Waals surface area contributed by atoms with E-state index in [9.17, 15) is 4.21 Å². The van der Waals surface area contributed by atoms with E-state index >= 15 is 0 Å². The average molecular weight is 379 g/mol. The molecule has 134 valence electrons. The number of nitrogens with one attached hydrogen (secondary N) is 2. The molecule has 1 atom stereocenters. The molecule has 2 aliphatic heterocycles. The smallest absolute Gasteiger partial charge is 0.154 e. The third-order valence-electron chi connectivity index (χ3n) is 4.07. The number of anilines is 1. The summed E-state index contributed by atoms with van der Waals surface area (Å²) in [7, 11) is -1.39. The van der Waals surface area contributed by atoms with Gasteiger partial charge in [-0.15, -0.1) is 0 Å². The van der Waals surface area contributed by atoms with Gasteiger partial charge in [0.25, 0.3) is 0 Å². The minimum atomic E-state index is -1.39. The standard InChI is InChI=1S/C15H14ClNO2S.C4H9N/c16-12-9-11-5-4-8-19-15(11)14(10-12)20(18)17-13-6-2-1-3-7-13;1-2-4-5-3-1/h1-3,6-7,9-10,17H,4-5,8H2;5H,1-4H2. The van der Waals surface area contributed by atoms with Crippen LogP contribution in [0.25, 0.3) is 0 Å². The molecule has 1 fully saturated rings. The third kappa shape index (κ3) is 5.21. The topological polar surface area (TPSA) is 50.4 Å². The number of aryl methyl sites for hydroxylation is 1. The summed E-state index contributed by atoms with van der Waals surface area (Å²) in [5.74, 6) is 0.711. The van der Waals surface area contributed by atoms with Gasteiger partial charge in [-0.2, -0.15) is 0 Å². The van der Waals surface area contributed by atoms with Crippen LogP contribution < -0.4 is 14.8 Å². The second kappa shape index (κ2) is 9.22. The Morgan fingerprint density at radius 1 is 1.08 bits per heavy atom. The lowest BCUT2D eigenvalue weighted by Gasteiger charge is -2.20. The van der Waals surface area contributed by atoms with E-state index < -0.39 is 11.0 Å². The molecule has 2 N–H and O–H groups in total. The predicted molar refractivity (Wildman–Crippen MR) is 104 cm³/mol. The number of para-hydroxylation sites is 1. The molecule has 0 spiro atoms. The zero-order valence-corrected chi connectivity index (χ0v) is 15.7. The van der Waals surface area contributed by atoms with Crippen molar-refractivity contribution in [2.45, 2.75) is 30.6 Å². The summed E-state index contributed by atoms with van der Waals surface area (Å²) in [6, 6.07) is 13.0. The fraction of sp³-hybridized carbons (Fsp3) is 0.368. The number of halogens is 1. The first-order chi connectivity index (χ1) is 12.2. The fourth-order valence-corrected chi connectivity index (χ4v) is 4.20. The van der Waals surface area contributed by atoms with Crippen LogP contribution in [-0.2, 0) is 17.4 Å². The van der Waals surface area contributed by atoms with Crippen molar-refractivity contribution in [3.63, 3.8) is 0 Å². The average Bonchev–Trinajstić information content (AvgIpc) is 3.22. The molecule has 25 heavy (non-hydrogen) atoms. The number of hydrogen-bond donors (Lipinski definition) is 2. The maximum Gasteiger partial charge on any atom is 0.154 e. The lowest BCUT2D eigenvalue weighted by molar-refractivity contribution is 0.281. The number of hydrogen-bond acceptors (Lipinski definition) is 3. The molecular weight excluding hydrogens is 356 g/mol. The van der Waals surface area contributed by atoms with Gasteiger partial charge in [0.2, 0.25) is 0 Å². The van der Waals surface area contributed by atoms with Gasteiger partial charge in [0.15, 0.2) is 11.0 Å². The van der Waals surface area contributed by atoms with Gasteiger partial charge in [-0.25, -0.2) is 4.21 Å². The van der Waals surface area contributed by atoms with Gasteiger partial charge < -0.3 is 14.8 Å². The van der Waals surface area contributed by atoms with Gasteiger partial charge in [-0.3, -0.25) is 0 Å². The van der Waals surface area contributed by atoms with E-state index in [4.69, 9.17) is 16.3 Å². The molecule has 1 saturated heterocycles. The number of rotatable bonds is 3. The Bertz CT molecular complexity index is 713. The molecule has 1 unspecified atom stereocenters. The summed E-state index contributed by atoms with van der Waals surface area (Å²) in [6.45, 7) is 3.16. The minimum absolute atomic E-state index is 0.590. The first-order valence-corrected chi connectivity index (χ1v) is 10.2. The summed E-state index contributed by atoms with van der Waals surface area (Å²) >= 11 is 6.11. The summed E-state index contributed by atoms with van der Waals surface area (Å²) in [4.78, 5) is 0.607. The van der Waals surface area contributed by atoms with Crippen molar-refractivity contribution in [1.82, 2.24) is 5.32 Å². The van der Waals surface area contributed by atoms with Crippen molar-refractivity contribution in [2.24, 2.45) is 0 Å². The van der Waals surface area contributed by atoms with Crippen LogP contribution in [0.2, 0.25) is 5.02 Å². The summed E-state index contributed by atoms with van der Waals surface area (Å²) in [5.41, 5.74) is 1.83. The molecule has 6 heteroatoms. The molecule has 0 aromatic heterocycles. The maximum absolute atomic E-state index is 12.5. The molecule has 2 heterocycles. The van der Waals surface area contributed by atoms with Crippen LogP contribution in [0.3, 0.4) is 0 Å². The largest absolute Gasteiger partial charge is 0.492 e. The van der Waals surface area contributed by atoms with Crippen molar-refractivity contribution in [1.29, 1.82) is 0 Å². The molecule has 0 radical (unpaired) electrons. The second-order valence-corrected chi connectivity index (χ2v) is 7.66. The Morgan fingerprint density at radius 3 is 2.52 bits per heavy atom. The Kier molecular flexibility index (Phi) is 6.73. The third-order valence-corrected chi connectivity index (χ3v) is 5.42. The summed E-state index contributed by atoms with van der Waals surface area (Å²) in [6.07, 6.45) is 4.65. The highest BCUT2D eigenvalue weighted by atomic mass is 35.5. The van der Waals surface area contributed by atoms with Crippen molar-refractivity contribution in [3.8, 4) is 5.75 Å². The molecule has 4 rings (SSSR count). The SMILES string of the molecule is C1CCNC1.O=S(Nc1ccccc1)c1cc(Cl)cc2c1OCCC2. The second-order valence-electron chi connectivity index (χ2n) is 6.04. The zero-order valence-electron chi connectivity index (χ0n) is 14.1. The Morgan fingerprint density at radius 2 is 1.84 bits per heavy atom. The highest BCUT2D eigenvalue weighted by Crippen LogP contribution is 2.34. The van der Waals surface area contributed by atoms with Crippen LogP contribution in [0.1, 0.15) is 24.8 Å². The first-order valence-electron chi connectivity index (χ1n) is 8.63. The summed E-state index contributed by atoms with van der Waals surface area (Å²) < 4.78 is 21.1. The van der Waals surface area contributed by atoms with Gasteiger partial charge >= 0.3 is 0 Å². The highest BCUT2D eigenvalue weighted by molar-refractivity contribution is 7.86. The van der Waals surface area contributed by atoms with E-state index in [1.54, 1.807) is 6.07 Å². The molecule has 0 amide bonds. The number of benzene rings is 2. The molecule has 2 aromatic rings. The van der Waals surface area contributed by atoms with Crippen molar-refractivity contribution >= 4 is 28.3 Å². The number of fused-ring (bicyclic) bond motifs is 1. The molecule has 0 saturated carbocycles. The summed E-state index contributed by atoms with van der Waals surface area (Å²) in [5, 5.41) is 3.81. The normalized spacial score (nSPS) is 16.8. The van der Waals surface area contributed by atoms with Crippen molar-refractivity contribution in [2.75, 3.05) is 24.4 Å². The van der Waals surface area contributed by atoms with Gasteiger partial charge in [0.05, 0.1) is 6.61 Å². The highest BCUT2D eigenvalue weighted by Gasteiger charge is 2.20. The molecule has 2 aromatic carbocycles. The van der Waals surface area contributed by atoms with E-state index in [2.05, 4.69) is 10.0 Å². The van der Waals surface area contributed by atoms with E-state index in [1.165, 1.54) is 25.9 Å². The molecule has 0 bridgehead atoms. The fourth-order valence-electron chi connectivity index (χ4n) is 2.84. The van der Waals surface area contributed by atoms with Crippen LogP contribution in [0, 0.1) is 0 Å². The molecule has 0 aliphatic carbocycles. The van der Waals surface area contributed by atoms with Crippen molar-refractivity contribution in [3.05, 3.63) is 53.1 Å². The maximum atomic E-state index is 12.5. The van der Waals surface area contributed by atoms with E-state index in [-0.39, 0.29) is 0 Å². The lowest BCUT2D eigenvalue weighted by atomic mass is 10.1. The van der Waals surface area contributed by atoms with E-state index in [0.717, 1.165) is 24.1 Å².